The molecule has 0 aromatic rings. The van der Waals surface area contributed by atoms with Crippen molar-refractivity contribution in [1.82, 2.24) is 73.8 Å². The molecule has 0 saturated heterocycles. The molecule has 0 atom stereocenters. The van der Waals surface area contributed by atoms with Gasteiger partial charge in [-0.15, -0.1) is 0 Å². The molecule has 174 valence electrons. The molecule has 0 fully saturated rings. The molecule has 0 aromatic carbocycles. The van der Waals surface area contributed by atoms with E-state index < -0.39 is 46.0 Å². The second kappa shape index (κ2) is 546. The molecule has 0 rings (SSSR count). The van der Waals surface area contributed by atoms with Gasteiger partial charge in [0, 0.05) is 16.8 Å². The Bertz CT molecular complexity index is 36.3. The molecular weight excluding hydrogens is 500 g/mol. The third-order valence-electron chi connectivity index (χ3n) is 0. The fourth-order valence-corrected chi connectivity index (χ4v) is 0. The van der Waals surface area contributed by atoms with Crippen LogP contribution in [0.15, 0.2) is 0 Å². The molecule has 0 heterocycles. The van der Waals surface area contributed by atoms with Crippen molar-refractivity contribution in [3.8, 4) is 0 Å². The van der Waals surface area contributed by atoms with Crippen molar-refractivity contribution in [3.63, 3.8) is 0 Å². The van der Waals surface area contributed by atoms with Crippen LogP contribution in [0.1, 0.15) is 0 Å². The summed E-state index contributed by atoms with van der Waals surface area (Å²) < 4.78 is 42.6. The number of hydrogen-bond donors (Lipinski definition) is 18. The second-order valence-electron chi connectivity index (χ2n) is 0.200. The monoisotopic (exact) mass is 542 g/mol. The minimum atomic E-state index is -0.562. The number of rotatable bonds is 0. The van der Waals surface area contributed by atoms with Gasteiger partial charge in [-0.05, 0) is 0 Å². The quantitative estimate of drug-likeness (QED) is 0.167. The van der Waals surface area contributed by atoms with Crippen LogP contribution in [-0.4, -0.2) is 25.3 Å². The maximum atomic E-state index is 7.09. The number of hydrogen-bond acceptors (Lipinski definition) is 18. The van der Waals surface area contributed by atoms with E-state index in [1.165, 1.54) is 0 Å². The molecular formula is H42Co4N12O6. The van der Waals surface area contributed by atoms with Gasteiger partial charge in [0.25, 0.3) is 0 Å². The van der Waals surface area contributed by atoms with Gasteiger partial charge < -0.3 is 73.8 Å². The fraction of sp³-hybridized carbons (Fsp3) is 0. The summed E-state index contributed by atoms with van der Waals surface area (Å²) in [6.45, 7) is 0. The van der Waals surface area contributed by atoms with Crippen LogP contribution in [-0.2, 0) is 62.8 Å². The first-order chi connectivity index (χ1) is 4.24. The Hall–Kier alpha value is 1.31. The van der Waals surface area contributed by atoms with Crippen molar-refractivity contribution in [2.75, 3.05) is 0 Å². The summed E-state index contributed by atoms with van der Waals surface area (Å²) in [6.07, 6.45) is 0. The molecule has 22 heteroatoms. The molecule has 0 saturated carbocycles. The van der Waals surface area contributed by atoms with E-state index in [0.717, 1.165) is 0 Å². The first kappa shape index (κ1) is 217. The SMILES string of the molecule is N.N.N.N.N.N.N.N.N.N.N.N.[Co].[OH][Co][OH].[OH][Co][OH].[OH][Co][OH]. The Morgan fingerprint density at radius 2 is 0.273 bits per heavy atom. The summed E-state index contributed by atoms with van der Waals surface area (Å²) in [4.78, 5) is 0. The van der Waals surface area contributed by atoms with E-state index in [-0.39, 0.29) is 90.6 Å². The molecule has 1 radical (unpaired) electrons. The minimum absolute atomic E-state index is 0. The molecule has 0 spiro atoms. The summed E-state index contributed by atoms with van der Waals surface area (Å²) in [5, 5.41) is 0. The van der Waals surface area contributed by atoms with E-state index in [1.54, 1.807) is 0 Å². The summed E-state index contributed by atoms with van der Waals surface area (Å²) in [7, 11) is 0. The predicted molar refractivity (Wildman–Crippen MR) is 73.6 cm³/mol. The Balaban J connectivity index is -0.00000000135. The average molecular weight is 542 g/mol. The van der Waals surface area contributed by atoms with Gasteiger partial charge >= 0.3 is 71.4 Å². The summed E-state index contributed by atoms with van der Waals surface area (Å²) in [5.74, 6) is 0. The third-order valence-corrected chi connectivity index (χ3v) is 0. The van der Waals surface area contributed by atoms with Crippen molar-refractivity contribution in [3.05, 3.63) is 0 Å². The van der Waals surface area contributed by atoms with Crippen molar-refractivity contribution in [1.29, 1.82) is 0 Å². The molecule has 0 aliphatic carbocycles. The first-order valence-electron chi connectivity index (χ1n) is 0.894. The molecule has 0 aromatic heterocycles. The van der Waals surface area contributed by atoms with E-state index in [4.69, 9.17) is 25.3 Å². The van der Waals surface area contributed by atoms with Crippen molar-refractivity contribution < 1.29 is 88.1 Å². The van der Waals surface area contributed by atoms with Crippen molar-refractivity contribution >= 4 is 0 Å². The van der Waals surface area contributed by atoms with Gasteiger partial charge in [-0.25, -0.2) is 0 Å². The Morgan fingerprint density at radius 1 is 0.273 bits per heavy atom. The zero-order chi connectivity index (χ0) is 8.12. The Labute approximate surface area is 161 Å². The van der Waals surface area contributed by atoms with Crippen molar-refractivity contribution in [2.24, 2.45) is 0 Å². The van der Waals surface area contributed by atoms with Gasteiger partial charge in [0.2, 0.25) is 0 Å². The van der Waals surface area contributed by atoms with Gasteiger partial charge in [-0.3, -0.25) is 0 Å². The topological polar surface area (TPSA) is 541 Å². The Kier molecular flexibility index (Phi) is 5390. The van der Waals surface area contributed by atoms with Crippen LogP contribution in [0, 0.1) is 0 Å². The van der Waals surface area contributed by atoms with Crippen molar-refractivity contribution in [2.45, 2.75) is 0 Å². The molecule has 42 N–H and O–H groups in total. The van der Waals surface area contributed by atoms with Gasteiger partial charge in [0.05, 0.1) is 0 Å². The van der Waals surface area contributed by atoms with Crippen LogP contribution < -0.4 is 73.8 Å². The molecule has 22 heavy (non-hydrogen) atoms. The van der Waals surface area contributed by atoms with Gasteiger partial charge in [-0.2, -0.15) is 0 Å². The predicted octanol–water partition coefficient (Wildman–Crippen LogP) is -1.41. The first-order valence-corrected chi connectivity index (χ1v) is 3.69. The van der Waals surface area contributed by atoms with Gasteiger partial charge in [0.1, 0.15) is 0 Å². The molecule has 0 amide bonds. The summed E-state index contributed by atoms with van der Waals surface area (Å²) in [5.41, 5.74) is 0. The van der Waals surface area contributed by atoms with Gasteiger partial charge in [-0.1, -0.05) is 0 Å². The fourth-order valence-electron chi connectivity index (χ4n) is 0. The average Bonchev–Trinajstić information content (AvgIpc) is 1.70. The summed E-state index contributed by atoms with van der Waals surface area (Å²) >= 11 is -1.69. The third kappa shape index (κ3) is 5150. The van der Waals surface area contributed by atoms with Crippen LogP contribution in [0.4, 0.5) is 0 Å². The normalized spacial score (nSPS) is 3.00. The maximum absolute atomic E-state index is 7.09. The molecule has 18 nitrogen and oxygen atoms in total. The van der Waals surface area contributed by atoms with Gasteiger partial charge in [0.15, 0.2) is 0 Å². The zero-order valence-corrected chi connectivity index (χ0v) is 16.7. The van der Waals surface area contributed by atoms with Crippen LogP contribution in [0.2, 0.25) is 0 Å². The van der Waals surface area contributed by atoms with E-state index >= 15 is 0 Å². The van der Waals surface area contributed by atoms with E-state index in [2.05, 4.69) is 0 Å². The molecule has 0 aliphatic heterocycles. The van der Waals surface area contributed by atoms with E-state index in [1.807, 2.05) is 0 Å². The standard InChI is InChI=1S/4Co.12H3N.6H2O/h;;;;12*1H3;6*1H2/q;3*+2;;;;;;;;;;;;;;;;;;/p-6. The van der Waals surface area contributed by atoms with Crippen LogP contribution in [0.25, 0.3) is 0 Å². The molecule has 0 aliphatic rings. The van der Waals surface area contributed by atoms with E-state index in [0.29, 0.717) is 0 Å². The van der Waals surface area contributed by atoms with Crippen LogP contribution in [0.5, 0.6) is 0 Å². The second-order valence-corrected chi connectivity index (χ2v) is 0.825. The van der Waals surface area contributed by atoms with Crippen LogP contribution in [0.3, 0.4) is 0 Å². The Morgan fingerprint density at radius 3 is 0.273 bits per heavy atom. The molecule has 0 unspecified atom stereocenters. The van der Waals surface area contributed by atoms with E-state index in [9.17, 15) is 0 Å². The zero-order valence-electron chi connectivity index (χ0n) is 12.5. The molecule has 0 bridgehead atoms. The summed E-state index contributed by atoms with van der Waals surface area (Å²) in [6, 6.07) is 0. The van der Waals surface area contributed by atoms with Crippen LogP contribution >= 0.6 is 0 Å².